The van der Waals surface area contributed by atoms with Crippen molar-refractivity contribution in [2.24, 2.45) is 0 Å². The highest BCUT2D eigenvalue weighted by atomic mass is 16.5. The zero-order valence-electron chi connectivity index (χ0n) is 12.7. The molecule has 6 heteroatoms. The van der Waals surface area contributed by atoms with Gasteiger partial charge in [-0.2, -0.15) is 4.98 Å². The molecule has 0 aliphatic carbocycles. The Bertz CT molecular complexity index is 571. The van der Waals surface area contributed by atoms with Crippen molar-refractivity contribution >= 4 is 11.8 Å². The summed E-state index contributed by atoms with van der Waals surface area (Å²) in [6.45, 7) is 5.61. The number of nitrogens with one attached hydrogen (secondary N) is 2. The third-order valence-corrected chi connectivity index (χ3v) is 2.97. The Hall–Kier alpha value is -2.37. The molecule has 0 radical (unpaired) electrons. The van der Waals surface area contributed by atoms with E-state index in [0.29, 0.717) is 18.4 Å². The molecule has 2 aromatic rings. The third kappa shape index (κ3) is 4.30. The lowest BCUT2D eigenvalue weighted by molar-refractivity contribution is 0.397. The topological polar surface area (TPSA) is 72.0 Å². The molecule has 0 fully saturated rings. The van der Waals surface area contributed by atoms with Crippen LogP contribution in [0.25, 0.3) is 0 Å². The normalized spacial score (nSPS) is 10.2. The van der Waals surface area contributed by atoms with Gasteiger partial charge in [0, 0.05) is 37.1 Å². The average molecular weight is 287 g/mol. The zero-order valence-corrected chi connectivity index (χ0v) is 12.7. The molecule has 21 heavy (non-hydrogen) atoms. The highest BCUT2D eigenvalue weighted by Crippen LogP contribution is 2.14. The number of methoxy groups -OCH3 is 1. The second kappa shape index (κ2) is 7.42. The van der Waals surface area contributed by atoms with Crippen LogP contribution in [-0.4, -0.2) is 28.6 Å². The number of ether oxygens (including phenoxy) is 1. The summed E-state index contributed by atoms with van der Waals surface area (Å²) in [5.41, 5.74) is 2.08. The van der Waals surface area contributed by atoms with Crippen molar-refractivity contribution in [3.8, 4) is 5.88 Å². The first kappa shape index (κ1) is 15.0. The van der Waals surface area contributed by atoms with Crippen molar-refractivity contribution in [2.75, 3.05) is 24.3 Å². The van der Waals surface area contributed by atoms with Crippen molar-refractivity contribution in [2.45, 2.75) is 26.8 Å². The lowest BCUT2D eigenvalue weighted by atomic mass is 10.2. The van der Waals surface area contributed by atoms with Crippen LogP contribution < -0.4 is 15.4 Å². The van der Waals surface area contributed by atoms with Gasteiger partial charge in [-0.3, -0.25) is 0 Å². The van der Waals surface area contributed by atoms with Crippen LogP contribution in [0.4, 0.5) is 11.8 Å². The summed E-state index contributed by atoms with van der Waals surface area (Å²) in [5.74, 6) is 2.10. The summed E-state index contributed by atoms with van der Waals surface area (Å²) in [6.07, 6.45) is 4.65. The maximum absolute atomic E-state index is 5.04. The van der Waals surface area contributed by atoms with E-state index >= 15 is 0 Å². The lowest BCUT2D eigenvalue weighted by Gasteiger charge is -2.10. The summed E-state index contributed by atoms with van der Waals surface area (Å²) >= 11 is 0. The highest BCUT2D eigenvalue weighted by molar-refractivity contribution is 5.46. The maximum atomic E-state index is 5.04. The third-order valence-electron chi connectivity index (χ3n) is 2.97. The van der Waals surface area contributed by atoms with Gasteiger partial charge in [0.2, 0.25) is 11.8 Å². The maximum Gasteiger partial charge on any atom is 0.224 e. The molecule has 0 aliphatic heterocycles. The van der Waals surface area contributed by atoms with Crippen molar-refractivity contribution in [1.29, 1.82) is 0 Å². The Morgan fingerprint density at radius 3 is 2.67 bits per heavy atom. The van der Waals surface area contributed by atoms with E-state index in [-0.39, 0.29) is 0 Å². The van der Waals surface area contributed by atoms with E-state index in [9.17, 15) is 0 Å². The molecule has 0 amide bonds. The van der Waals surface area contributed by atoms with Crippen LogP contribution in [0.15, 0.2) is 24.5 Å². The lowest BCUT2D eigenvalue weighted by Crippen LogP contribution is -2.09. The van der Waals surface area contributed by atoms with E-state index in [0.717, 1.165) is 29.9 Å². The largest absolute Gasteiger partial charge is 0.481 e. The van der Waals surface area contributed by atoms with E-state index in [1.54, 1.807) is 13.3 Å². The van der Waals surface area contributed by atoms with Gasteiger partial charge < -0.3 is 15.4 Å². The molecular weight excluding hydrogens is 266 g/mol. The van der Waals surface area contributed by atoms with Crippen LogP contribution >= 0.6 is 0 Å². The standard InChI is InChI=1S/C15H21N5O/c1-4-7-16-15-19-8-11(2)14(20-15)18-10-12-5-6-13(21-3)17-9-12/h5-6,8-9H,4,7,10H2,1-3H3,(H2,16,18,19,20). The highest BCUT2D eigenvalue weighted by Gasteiger charge is 2.04. The van der Waals surface area contributed by atoms with Gasteiger partial charge in [0.15, 0.2) is 0 Å². The monoisotopic (exact) mass is 287 g/mol. The minimum absolute atomic E-state index is 0.614. The molecule has 0 atom stereocenters. The molecule has 2 rings (SSSR count). The molecule has 0 spiro atoms. The number of nitrogens with zero attached hydrogens (tertiary/aromatic N) is 3. The number of aryl methyl sites for hydroxylation is 1. The molecule has 6 nitrogen and oxygen atoms in total. The van der Waals surface area contributed by atoms with E-state index in [1.807, 2.05) is 25.3 Å². The van der Waals surface area contributed by atoms with Crippen LogP contribution in [0.1, 0.15) is 24.5 Å². The number of hydrogen-bond acceptors (Lipinski definition) is 6. The van der Waals surface area contributed by atoms with Gasteiger partial charge in [0.25, 0.3) is 0 Å². The molecule has 2 heterocycles. The van der Waals surface area contributed by atoms with Crippen molar-refractivity contribution in [1.82, 2.24) is 15.0 Å². The van der Waals surface area contributed by atoms with Gasteiger partial charge in [-0.15, -0.1) is 0 Å². The first-order chi connectivity index (χ1) is 10.2. The fraction of sp³-hybridized carbons (Fsp3) is 0.400. The molecule has 0 aliphatic rings. The van der Waals surface area contributed by atoms with E-state index in [2.05, 4.69) is 32.5 Å². The molecular formula is C15H21N5O. The summed E-state index contributed by atoms with van der Waals surface area (Å²) < 4.78 is 5.04. The molecule has 0 bridgehead atoms. The van der Waals surface area contributed by atoms with Crippen LogP contribution in [0.2, 0.25) is 0 Å². The van der Waals surface area contributed by atoms with E-state index < -0.39 is 0 Å². The molecule has 0 saturated carbocycles. The quantitative estimate of drug-likeness (QED) is 0.815. The number of rotatable bonds is 7. The Morgan fingerprint density at radius 2 is 2.00 bits per heavy atom. The number of hydrogen-bond donors (Lipinski definition) is 2. The Balaban J connectivity index is 2.00. The molecule has 0 aromatic carbocycles. The van der Waals surface area contributed by atoms with E-state index in [4.69, 9.17) is 4.74 Å². The van der Waals surface area contributed by atoms with Gasteiger partial charge in [-0.1, -0.05) is 13.0 Å². The zero-order chi connectivity index (χ0) is 15.1. The average Bonchev–Trinajstić information content (AvgIpc) is 2.53. The summed E-state index contributed by atoms with van der Waals surface area (Å²) in [5, 5.41) is 6.50. The van der Waals surface area contributed by atoms with Crippen LogP contribution in [-0.2, 0) is 6.54 Å². The van der Waals surface area contributed by atoms with Crippen LogP contribution in [0.3, 0.4) is 0 Å². The fourth-order valence-electron chi connectivity index (χ4n) is 1.77. The smallest absolute Gasteiger partial charge is 0.224 e. The van der Waals surface area contributed by atoms with Gasteiger partial charge in [0.05, 0.1) is 7.11 Å². The SMILES string of the molecule is CCCNc1ncc(C)c(NCc2ccc(OC)nc2)n1. The van der Waals surface area contributed by atoms with Crippen LogP contribution in [0, 0.1) is 6.92 Å². The molecule has 0 unspecified atom stereocenters. The van der Waals surface area contributed by atoms with Crippen LogP contribution in [0.5, 0.6) is 5.88 Å². The first-order valence-corrected chi connectivity index (χ1v) is 7.03. The van der Waals surface area contributed by atoms with Gasteiger partial charge in [-0.25, -0.2) is 9.97 Å². The van der Waals surface area contributed by atoms with Gasteiger partial charge in [-0.05, 0) is 18.9 Å². The first-order valence-electron chi connectivity index (χ1n) is 7.03. The second-order valence-corrected chi connectivity index (χ2v) is 4.71. The number of pyridine rings is 1. The molecule has 2 N–H and O–H groups in total. The Kier molecular flexibility index (Phi) is 5.31. The molecule has 2 aromatic heterocycles. The number of anilines is 2. The molecule has 112 valence electrons. The fourth-order valence-corrected chi connectivity index (χ4v) is 1.77. The summed E-state index contributed by atoms with van der Waals surface area (Å²) in [6, 6.07) is 3.82. The predicted octanol–water partition coefficient (Wildman–Crippen LogP) is 2.62. The van der Waals surface area contributed by atoms with Gasteiger partial charge >= 0.3 is 0 Å². The molecule has 0 saturated heterocycles. The van der Waals surface area contributed by atoms with Crippen molar-refractivity contribution in [3.63, 3.8) is 0 Å². The summed E-state index contributed by atoms with van der Waals surface area (Å²) in [7, 11) is 1.61. The minimum Gasteiger partial charge on any atom is -0.481 e. The van der Waals surface area contributed by atoms with Crippen molar-refractivity contribution < 1.29 is 4.74 Å². The minimum atomic E-state index is 0.614. The van der Waals surface area contributed by atoms with Crippen molar-refractivity contribution in [3.05, 3.63) is 35.7 Å². The second-order valence-electron chi connectivity index (χ2n) is 4.71. The number of aromatic nitrogens is 3. The van der Waals surface area contributed by atoms with E-state index in [1.165, 1.54) is 0 Å². The Morgan fingerprint density at radius 1 is 1.14 bits per heavy atom. The van der Waals surface area contributed by atoms with Gasteiger partial charge in [0.1, 0.15) is 5.82 Å². The predicted molar refractivity (Wildman–Crippen MR) is 83.7 cm³/mol. The summed E-state index contributed by atoms with van der Waals surface area (Å²) in [4.78, 5) is 12.9. The Labute approximate surface area is 125 Å².